The van der Waals surface area contributed by atoms with Gasteiger partial charge >= 0.3 is 0 Å². The minimum atomic E-state index is -0.585. The third-order valence-corrected chi connectivity index (χ3v) is 4.09. The van der Waals surface area contributed by atoms with Crippen LogP contribution in [0.1, 0.15) is 25.3 Å². The van der Waals surface area contributed by atoms with E-state index >= 15 is 0 Å². The number of nitrogens with two attached hydrogens (primary N) is 1. The summed E-state index contributed by atoms with van der Waals surface area (Å²) in [6, 6.07) is 4.09. The maximum absolute atomic E-state index is 13.9. The Balaban J connectivity index is 2.14. The average molecular weight is 281 g/mol. The minimum absolute atomic E-state index is 0.214. The third-order valence-electron chi connectivity index (χ3n) is 4.09. The summed E-state index contributed by atoms with van der Waals surface area (Å²) in [5, 5.41) is 10.6. The molecule has 1 saturated heterocycles. The Labute approximate surface area is 117 Å². The largest absolute Gasteiger partial charge is 0.329 e. The average Bonchev–Trinajstić information content (AvgIpc) is 2.41. The molecule has 1 aromatic carbocycles. The highest BCUT2D eigenvalue weighted by Gasteiger charge is 2.28. The van der Waals surface area contributed by atoms with Crippen LogP contribution in [0.2, 0.25) is 0 Å². The number of hydrogen-bond acceptors (Lipinski definition) is 4. The summed E-state index contributed by atoms with van der Waals surface area (Å²) in [5.74, 6) is -0.0249. The molecule has 1 heterocycles. The maximum Gasteiger partial charge on any atom is 0.272 e. The van der Waals surface area contributed by atoms with Crippen LogP contribution in [0.5, 0.6) is 0 Å². The van der Waals surface area contributed by atoms with E-state index in [2.05, 4.69) is 11.8 Å². The monoisotopic (exact) mass is 281 g/mol. The van der Waals surface area contributed by atoms with Crippen molar-refractivity contribution in [3.05, 3.63) is 39.7 Å². The normalized spacial score (nSPS) is 23.8. The van der Waals surface area contributed by atoms with Crippen molar-refractivity contribution in [3.63, 3.8) is 0 Å². The molecule has 1 aromatic rings. The van der Waals surface area contributed by atoms with E-state index in [4.69, 9.17) is 5.73 Å². The maximum atomic E-state index is 13.9. The van der Waals surface area contributed by atoms with Crippen LogP contribution in [0.3, 0.4) is 0 Å². The van der Waals surface area contributed by atoms with Crippen LogP contribution in [0.25, 0.3) is 0 Å². The lowest BCUT2D eigenvalue weighted by Crippen LogP contribution is -2.48. The molecule has 0 aromatic heterocycles. The number of halogens is 1. The molecule has 0 bridgehead atoms. The SMILES string of the molecule is CC1CCCN(Cc2ccc([N+](=O)[O-])cc2F)C1CN. The van der Waals surface area contributed by atoms with E-state index in [0.29, 0.717) is 24.6 Å². The van der Waals surface area contributed by atoms with Gasteiger partial charge in [-0.05, 0) is 31.4 Å². The van der Waals surface area contributed by atoms with Crippen molar-refractivity contribution in [2.24, 2.45) is 11.7 Å². The molecule has 20 heavy (non-hydrogen) atoms. The summed E-state index contributed by atoms with van der Waals surface area (Å²) in [5.41, 5.74) is 6.09. The van der Waals surface area contributed by atoms with E-state index in [-0.39, 0.29) is 11.7 Å². The predicted molar refractivity (Wildman–Crippen MR) is 74.7 cm³/mol. The zero-order valence-electron chi connectivity index (χ0n) is 11.6. The Morgan fingerprint density at radius 1 is 1.55 bits per heavy atom. The van der Waals surface area contributed by atoms with Crippen LogP contribution in [-0.4, -0.2) is 29.0 Å². The molecule has 6 heteroatoms. The molecule has 0 radical (unpaired) electrons. The smallest absolute Gasteiger partial charge is 0.272 e. The Hall–Kier alpha value is -1.53. The lowest BCUT2D eigenvalue weighted by Gasteiger charge is -2.39. The van der Waals surface area contributed by atoms with Gasteiger partial charge in [0.1, 0.15) is 5.82 Å². The van der Waals surface area contributed by atoms with Crippen LogP contribution < -0.4 is 5.73 Å². The fourth-order valence-corrected chi connectivity index (χ4v) is 2.91. The fourth-order valence-electron chi connectivity index (χ4n) is 2.91. The number of nitro benzene ring substituents is 1. The number of rotatable bonds is 4. The number of piperidine rings is 1. The molecule has 0 saturated carbocycles. The first-order valence-corrected chi connectivity index (χ1v) is 6.90. The van der Waals surface area contributed by atoms with Gasteiger partial charge in [-0.3, -0.25) is 15.0 Å². The van der Waals surface area contributed by atoms with Gasteiger partial charge in [0, 0.05) is 30.8 Å². The third kappa shape index (κ3) is 3.13. The summed E-state index contributed by atoms with van der Waals surface area (Å²) >= 11 is 0. The number of nitro groups is 1. The first kappa shape index (κ1) is 14.9. The van der Waals surface area contributed by atoms with E-state index in [1.165, 1.54) is 12.1 Å². The fraction of sp³-hybridized carbons (Fsp3) is 0.571. The number of likely N-dealkylation sites (tertiary alicyclic amines) is 1. The molecule has 0 amide bonds. The molecule has 0 spiro atoms. The van der Waals surface area contributed by atoms with Gasteiger partial charge in [0.2, 0.25) is 0 Å². The Morgan fingerprint density at radius 3 is 2.90 bits per heavy atom. The molecule has 110 valence electrons. The van der Waals surface area contributed by atoms with E-state index in [1.54, 1.807) is 0 Å². The van der Waals surface area contributed by atoms with E-state index in [1.807, 2.05) is 0 Å². The Kier molecular flexibility index (Phi) is 4.67. The minimum Gasteiger partial charge on any atom is -0.329 e. The lowest BCUT2D eigenvalue weighted by molar-refractivity contribution is -0.385. The highest BCUT2D eigenvalue weighted by atomic mass is 19.1. The Bertz CT molecular complexity index is 495. The summed E-state index contributed by atoms with van der Waals surface area (Å²) in [4.78, 5) is 12.2. The van der Waals surface area contributed by atoms with Gasteiger partial charge in [0.25, 0.3) is 5.69 Å². The number of non-ortho nitro benzene ring substituents is 1. The van der Waals surface area contributed by atoms with Gasteiger partial charge in [0.15, 0.2) is 0 Å². The second kappa shape index (κ2) is 6.28. The molecule has 0 aliphatic carbocycles. The summed E-state index contributed by atoms with van der Waals surface area (Å²) in [6.45, 7) is 4.06. The van der Waals surface area contributed by atoms with Crippen LogP contribution in [0.15, 0.2) is 18.2 Å². The van der Waals surface area contributed by atoms with Crippen molar-refractivity contribution in [1.82, 2.24) is 4.90 Å². The number of benzene rings is 1. The molecular formula is C14H20FN3O2. The number of nitrogens with zero attached hydrogens (tertiary/aromatic N) is 2. The lowest BCUT2D eigenvalue weighted by atomic mass is 9.90. The van der Waals surface area contributed by atoms with Crippen molar-refractivity contribution in [3.8, 4) is 0 Å². The molecule has 2 atom stereocenters. The van der Waals surface area contributed by atoms with E-state index in [9.17, 15) is 14.5 Å². The first-order valence-electron chi connectivity index (χ1n) is 6.90. The molecule has 1 aliphatic rings. The first-order chi connectivity index (χ1) is 9.52. The van der Waals surface area contributed by atoms with Gasteiger partial charge in [-0.1, -0.05) is 6.92 Å². The van der Waals surface area contributed by atoms with Gasteiger partial charge < -0.3 is 5.73 Å². The molecule has 1 fully saturated rings. The molecule has 2 unspecified atom stereocenters. The molecule has 5 nitrogen and oxygen atoms in total. The second-order valence-electron chi connectivity index (χ2n) is 5.43. The summed E-state index contributed by atoms with van der Waals surface area (Å²) in [6.07, 6.45) is 2.22. The van der Waals surface area contributed by atoms with Gasteiger partial charge in [-0.2, -0.15) is 0 Å². The van der Waals surface area contributed by atoms with Crippen LogP contribution in [-0.2, 0) is 6.54 Å². The van der Waals surface area contributed by atoms with Crippen molar-refractivity contribution < 1.29 is 9.31 Å². The molecule has 2 rings (SSSR count). The summed E-state index contributed by atoms with van der Waals surface area (Å²) < 4.78 is 13.9. The number of hydrogen-bond donors (Lipinski definition) is 1. The zero-order chi connectivity index (χ0) is 14.7. The molecular weight excluding hydrogens is 261 g/mol. The van der Waals surface area contributed by atoms with E-state index < -0.39 is 10.7 Å². The van der Waals surface area contributed by atoms with Gasteiger partial charge in [-0.15, -0.1) is 0 Å². The predicted octanol–water partition coefficient (Wildman–Crippen LogP) is 2.29. The van der Waals surface area contributed by atoms with Crippen molar-refractivity contribution in [2.45, 2.75) is 32.4 Å². The van der Waals surface area contributed by atoms with Crippen molar-refractivity contribution >= 4 is 5.69 Å². The van der Waals surface area contributed by atoms with Crippen molar-refractivity contribution in [2.75, 3.05) is 13.1 Å². The Morgan fingerprint density at radius 2 is 2.30 bits per heavy atom. The van der Waals surface area contributed by atoms with Crippen LogP contribution in [0, 0.1) is 21.8 Å². The standard InChI is InChI=1S/C14H20FN3O2/c1-10-3-2-6-17(14(10)8-16)9-11-4-5-12(18(19)20)7-13(11)15/h4-5,7,10,14H,2-3,6,8-9,16H2,1H3. The van der Waals surface area contributed by atoms with Gasteiger partial charge in [0.05, 0.1) is 11.0 Å². The van der Waals surface area contributed by atoms with E-state index in [0.717, 1.165) is 25.5 Å². The molecule has 1 aliphatic heterocycles. The highest BCUT2D eigenvalue weighted by molar-refractivity contribution is 5.34. The molecule has 2 N–H and O–H groups in total. The van der Waals surface area contributed by atoms with Gasteiger partial charge in [-0.25, -0.2) is 4.39 Å². The zero-order valence-corrected chi connectivity index (χ0v) is 11.6. The van der Waals surface area contributed by atoms with Crippen LogP contribution in [0.4, 0.5) is 10.1 Å². The topological polar surface area (TPSA) is 72.4 Å². The summed E-state index contributed by atoms with van der Waals surface area (Å²) in [7, 11) is 0. The second-order valence-corrected chi connectivity index (χ2v) is 5.43. The highest BCUT2D eigenvalue weighted by Crippen LogP contribution is 2.26. The van der Waals surface area contributed by atoms with Crippen LogP contribution >= 0.6 is 0 Å². The van der Waals surface area contributed by atoms with Crippen molar-refractivity contribution in [1.29, 1.82) is 0 Å². The quantitative estimate of drug-likeness (QED) is 0.679.